The Labute approximate surface area is 192 Å². The molecule has 1 aromatic rings. The van der Waals surface area contributed by atoms with E-state index >= 15 is 0 Å². The summed E-state index contributed by atoms with van der Waals surface area (Å²) in [4.78, 5) is 17.0. The van der Waals surface area contributed by atoms with Crippen LogP contribution in [0.5, 0.6) is 0 Å². The van der Waals surface area contributed by atoms with Crippen molar-refractivity contribution in [3.8, 4) is 0 Å². The van der Waals surface area contributed by atoms with Crippen LogP contribution in [0.25, 0.3) is 0 Å². The van der Waals surface area contributed by atoms with Crippen molar-refractivity contribution in [3.63, 3.8) is 0 Å². The summed E-state index contributed by atoms with van der Waals surface area (Å²) in [5.74, 6) is -5.97. The van der Waals surface area contributed by atoms with Gasteiger partial charge in [-0.15, -0.1) is 0 Å². The zero-order chi connectivity index (χ0) is 23.5. The number of nitrogens with one attached hydrogen (secondary N) is 1. The predicted molar refractivity (Wildman–Crippen MR) is 120 cm³/mol. The molecule has 1 atom stereocenters. The Hall–Kier alpha value is -2.18. The summed E-state index contributed by atoms with van der Waals surface area (Å²) in [6.45, 7) is 4.41. The van der Waals surface area contributed by atoms with Gasteiger partial charge in [-0.2, -0.15) is 0 Å². The minimum atomic E-state index is -3.00. The van der Waals surface area contributed by atoms with Gasteiger partial charge < -0.3 is 25.3 Å². The van der Waals surface area contributed by atoms with Crippen molar-refractivity contribution in [2.24, 2.45) is 0 Å². The number of carbonyl (C=O) groups excluding carboxylic acids is 1. The number of halogens is 1. The first kappa shape index (κ1) is 24.5. The third-order valence-corrected chi connectivity index (χ3v) is 5.74. The van der Waals surface area contributed by atoms with E-state index in [1.54, 1.807) is 30.5 Å². The molecule has 3 aliphatic heterocycles. The first-order valence-electron chi connectivity index (χ1n) is 10.6. The molecule has 32 heavy (non-hydrogen) atoms. The Morgan fingerprint density at radius 2 is 1.78 bits per heavy atom. The normalized spacial score (nSPS) is 21.5. The lowest BCUT2D eigenvalue weighted by molar-refractivity contribution is -0.414. The van der Waals surface area contributed by atoms with Gasteiger partial charge in [-0.3, -0.25) is 9.91 Å². The number of piperazine rings is 1. The number of hydrazine groups is 1. The van der Waals surface area contributed by atoms with E-state index in [0.717, 1.165) is 10.7 Å². The highest BCUT2D eigenvalue weighted by Gasteiger charge is 2.55. The van der Waals surface area contributed by atoms with Crippen LogP contribution in [0.3, 0.4) is 0 Å². The fourth-order valence-corrected chi connectivity index (χ4v) is 3.97. The molecule has 0 aliphatic carbocycles. The summed E-state index contributed by atoms with van der Waals surface area (Å²) in [5, 5.41) is 43.8. The van der Waals surface area contributed by atoms with Crippen LogP contribution in [0, 0.1) is 0 Å². The molecule has 176 valence electrons. The van der Waals surface area contributed by atoms with Crippen molar-refractivity contribution in [2.45, 2.75) is 31.7 Å². The smallest absolute Gasteiger partial charge is 0.340 e. The van der Waals surface area contributed by atoms with Crippen molar-refractivity contribution in [1.29, 1.82) is 0 Å². The van der Waals surface area contributed by atoms with Gasteiger partial charge in [-0.05, 0) is 30.4 Å². The van der Waals surface area contributed by atoms with E-state index in [1.807, 2.05) is 36.9 Å². The van der Waals surface area contributed by atoms with Crippen LogP contribution in [0.4, 0.5) is 10.5 Å². The Morgan fingerprint density at radius 3 is 2.41 bits per heavy atom. The van der Waals surface area contributed by atoms with E-state index in [-0.39, 0.29) is 13.1 Å². The highest BCUT2D eigenvalue weighted by atomic mass is 35.5. The third kappa shape index (κ3) is 4.76. The molecule has 2 amide bonds. The second-order valence-electron chi connectivity index (χ2n) is 7.48. The number of hydrogen-bond donors (Lipinski definition) is 5. The van der Waals surface area contributed by atoms with Crippen LogP contribution in [-0.2, 0) is 0 Å². The predicted octanol–water partition coefficient (Wildman–Crippen LogP) is 0.459. The molecule has 0 saturated carbocycles. The fourth-order valence-electron chi connectivity index (χ4n) is 3.78. The molecule has 0 aromatic heterocycles. The molecular formula is C21H30ClN5O5. The molecule has 10 nitrogen and oxygen atoms in total. The van der Waals surface area contributed by atoms with Gasteiger partial charge in [0.1, 0.15) is 12.7 Å². The van der Waals surface area contributed by atoms with Crippen LogP contribution >= 0.6 is 11.6 Å². The van der Waals surface area contributed by atoms with Crippen LogP contribution in [0.1, 0.15) is 13.8 Å². The number of nitrogens with zero attached hydrogens (tertiary/aromatic N) is 4. The minimum absolute atomic E-state index is 0.157. The average Bonchev–Trinajstić information content (AvgIpc) is 3.10. The Bertz CT molecular complexity index is 870. The van der Waals surface area contributed by atoms with Crippen LogP contribution in [-0.4, -0.2) is 91.9 Å². The lowest BCUT2D eigenvalue weighted by Crippen LogP contribution is -2.71. The SMILES string of the molecule is CC.O=C1N(CC(O)(O)C(O)(O)N2CCN(c3cccc(Cl)c3)CC2)NC2C=CC=CN12. The molecule has 1 aromatic carbocycles. The number of allylic oxidation sites excluding steroid dienone is 2. The molecule has 1 unspecified atom stereocenters. The van der Waals surface area contributed by atoms with E-state index in [0.29, 0.717) is 18.1 Å². The number of urea groups is 1. The highest BCUT2D eigenvalue weighted by Crippen LogP contribution is 2.28. The van der Waals surface area contributed by atoms with E-state index in [1.165, 1.54) is 9.80 Å². The number of rotatable bonds is 5. The van der Waals surface area contributed by atoms with Crippen molar-refractivity contribution in [1.82, 2.24) is 20.2 Å². The summed E-state index contributed by atoms with van der Waals surface area (Å²) < 4.78 is 0. The molecule has 5 N–H and O–H groups in total. The molecule has 3 heterocycles. The molecule has 0 bridgehead atoms. The van der Waals surface area contributed by atoms with Gasteiger partial charge in [0.15, 0.2) is 0 Å². The molecule has 0 spiro atoms. The molecule has 2 saturated heterocycles. The molecule has 3 aliphatic rings. The standard InChI is InChI=1S/C19H24ClN5O5.C2H6/c20-14-4-3-5-15(12-14)22-8-10-23(11-9-22)19(29,30)18(27,28)13-25-17(26)24-7-2-1-6-16(24)21-25;1-2/h1-7,12,16,21,27-30H,8-11,13H2;1-2H3. The van der Waals surface area contributed by atoms with Gasteiger partial charge >= 0.3 is 6.03 Å². The monoisotopic (exact) mass is 467 g/mol. The van der Waals surface area contributed by atoms with Crippen molar-refractivity contribution < 1.29 is 25.2 Å². The number of hydrogen-bond acceptors (Lipinski definition) is 8. The topological polar surface area (TPSA) is 123 Å². The van der Waals surface area contributed by atoms with Crippen molar-refractivity contribution >= 4 is 23.3 Å². The zero-order valence-corrected chi connectivity index (χ0v) is 18.9. The van der Waals surface area contributed by atoms with Crippen molar-refractivity contribution in [3.05, 3.63) is 53.7 Å². The largest absolute Gasteiger partial charge is 0.369 e. The second kappa shape index (κ2) is 9.75. The van der Waals surface area contributed by atoms with Gasteiger partial charge in [0, 0.05) is 43.1 Å². The molecule has 4 rings (SSSR count). The lowest BCUT2D eigenvalue weighted by Gasteiger charge is -2.47. The Kier molecular flexibility index (Phi) is 7.46. The number of aliphatic hydroxyl groups is 4. The summed E-state index contributed by atoms with van der Waals surface area (Å²) >= 11 is 6.03. The molecule has 11 heteroatoms. The third-order valence-electron chi connectivity index (χ3n) is 5.50. The van der Waals surface area contributed by atoms with Gasteiger partial charge in [0.05, 0.1) is 0 Å². The Balaban J connectivity index is 0.00000141. The van der Waals surface area contributed by atoms with Gasteiger partial charge in [0.25, 0.3) is 11.7 Å². The minimum Gasteiger partial charge on any atom is -0.369 e. The maximum absolute atomic E-state index is 12.4. The average molecular weight is 468 g/mol. The maximum atomic E-state index is 12.4. The number of carbonyl (C=O) groups is 1. The van der Waals surface area contributed by atoms with Gasteiger partial charge in [-0.1, -0.05) is 37.6 Å². The van der Waals surface area contributed by atoms with E-state index in [2.05, 4.69) is 5.43 Å². The number of amides is 2. The number of fused-ring (bicyclic) bond motifs is 1. The Morgan fingerprint density at radius 1 is 1.09 bits per heavy atom. The molecular weight excluding hydrogens is 438 g/mol. The lowest BCUT2D eigenvalue weighted by atomic mass is 10.1. The van der Waals surface area contributed by atoms with Crippen molar-refractivity contribution in [2.75, 3.05) is 37.6 Å². The summed E-state index contributed by atoms with van der Waals surface area (Å²) in [7, 11) is 0. The number of β-amino-alcohol motifs (C(OH)–C–C–N with tert-alkyl or cyclic N) is 2. The van der Waals surface area contributed by atoms with Crippen LogP contribution in [0.2, 0.25) is 5.02 Å². The highest BCUT2D eigenvalue weighted by molar-refractivity contribution is 6.30. The summed E-state index contributed by atoms with van der Waals surface area (Å²) in [6, 6.07) is 6.78. The zero-order valence-electron chi connectivity index (χ0n) is 18.1. The van der Waals surface area contributed by atoms with E-state index in [4.69, 9.17) is 11.6 Å². The molecule has 2 fully saturated rings. The van der Waals surface area contributed by atoms with Crippen LogP contribution < -0.4 is 10.3 Å². The van der Waals surface area contributed by atoms with E-state index in [9.17, 15) is 25.2 Å². The number of anilines is 1. The maximum Gasteiger partial charge on any atom is 0.340 e. The number of benzene rings is 1. The van der Waals surface area contributed by atoms with Gasteiger partial charge in [0.2, 0.25) is 0 Å². The summed E-state index contributed by atoms with van der Waals surface area (Å²) in [6.07, 6.45) is 6.22. The molecule has 0 radical (unpaired) electrons. The summed E-state index contributed by atoms with van der Waals surface area (Å²) in [5.41, 5.74) is 3.69. The quantitative estimate of drug-likeness (QED) is 0.396. The second-order valence-corrected chi connectivity index (χ2v) is 7.92. The first-order chi connectivity index (χ1) is 15.2. The first-order valence-corrected chi connectivity index (χ1v) is 10.9. The van der Waals surface area contributed by atoms with Gasteiger partial charge in [-0.25, -0.2) is 15.1 Å². The van der Waals surface area contributed by atoms with E-state index < -0.39 is 30.4 Å². The van der Waals surface area contributed by atoms with Crippen LogP contribution in [0.15, 0.2) is 48.7 Å². The fraction of sp³-hybridized carbons (Fsp3) is 0.476.